The first kappa shape index (κ1) is 10.4. The second kappa shape index (κ2) is 4.17. The van der Waals surface area contributed by atoms with E-state index in [1.807, 2.05) is 0 Å². The number of hydrogen-bond acceptors (Lipinski definition) is 3. The van der Waals surface area contributed by atoms with Gasteiger partial charge in [0.05, 0.1) is 6.61 Å². The number of nitrogens with zero attached hydrogens (tertiary/aromatic N) is 1. The highest BCUT2D eigenvalue weighted by Gasteiger charge is 2.46. The molecule has 2 fully saturated rings. The van der Waals surface area contributed by atoms with Crippen molar-refractivity contribution in [2.75, 3.05) is 32.8 Å². The van der Waals surface area contributed by atoms with E-state index in [-0.39, 0.29) is 5.41 Å². The van der Waals surface area contributed by atoms with Gasteiger partial charge in [-0.3, -0.25) is 0 Å². The van der Waals surface area contributed by atoms with Gasteiger partial charge < -0.3 is 15.7 Å². The molecule has 1 aliphatic carbocycles. The molecule has 1 heterocycles. The molecule has 0 spiro atoms. The highest BCUT2D eigenvalue weighted by atomic mass is 16.3. The van der Waals surface area contributed by atoms with Crippen LogP contribution in [0, 0.1) is 11.3 Å². The van der Waals surface area contributed by atoms with Crippen LogP contribution in [0.5, 0.6) is 0 Å². The number of nitrogens with two attached hydrogens (primary N) is 1. The fraction of sp³-hybridized carbons (Fsp3) is 1.00. The quantitative estimate of drug-likeness (QED) is 0.691. The lowest BCUT2D eigenvalue weighted by atomic mass is 9.69. The van der Waals surface area contributed by atoms with Crippen molar-refractivity contribution >= 4 is 0 Å². The monoisotopic (exact) mass is 198 g/mol. The lowest BCUT2D eigenvalue weighted by molar-refractivity contribution is 0.0584. The van der Waals surface area contributed by atoms with Crippen molar-refractivity contribution in [2.45, 2.75) is 25.7 Å². The second-order valence-corrected chi connectivity index (χ2v) is 4.99. The van der Waals surface area contributed by atoms with Crippen molar-refractivity contribution in [3.8, 4) is 0 Å². The molecule has 0 bridgehead atoms. The molecule has 0 aromatic rings. The molecule has 1 saturated carbocycles. The zero-order valence-electron chi connectivity index (χ0n) is 8.91. The summed E-state index contributed by atoms with van der Waals surface area (Å²) in [6, 6.07) is 0. The van der Waals surface area contributed by atoms with E-state index < -0.39 is 0 Å². The van der Waals surface area contributed by atoms with E-state index in [4.69, 9.17) is 5.73 Å². The third-order valence-electron chi connectivity index (χ3n) is 4.12. The molecule has 2 atom stereocenters. The number of hydrogen-bond donors (Lipinski definition) is 2. The van der Waals surface area contributed by atoms with Crippen LogP contribution in [0.2, 0.25) is 0 Å². The minimum Gasteiger partial charge on any atom is -0.396 e. The molecule has 0 radical (unpaired) electrons. The molecule has 1 saturated heterocycles. The molecule has 2 aliphatic rings. The van der Waals surface area contributed by atoms with Crippen LogP contribution in [0.4, 0.5) is 0 Å². The Morgan fingerprint density at radius 2 is 2.29 bits per heavy atom. The molecule has 14 heavy (non-hydrogen) atoms. The van der Waals surface area contributed by atoms with E-state index in [0.29, 0.717) is 6.61 Å². The van der Waals surface area contributed by atoms with Gasteiger partial charge in [0.1, 0.15) is 0 Å². The van der Waals surface area contributed by atoms with Gasteiger partial charge in [0, 0.05) is 31.6 Å². The van der Waals surface area contributed by atoms with Crippen LogP contribution >= 0.6 is 0 Å². The average Bonchev–Trinajstić information content (AvgIpc) is 2.57. The molecule has 0 aromatic heterocycles. The normalized spacial score (nSPS) is 38.6. The van der Waals surface area contributed by atoms with Gasteiger partial charge in [0.25, 0.3) is 0 Å². The Balaban J connectivity index is 2.03. The Morgan fingerprint density at radius 1 is 1.43 bits per heavy atom. The van der Waals surface area contributed by atoms with Gasteiger partial charge in [-0.1, -0.05) is 12.8 Å². The van der Waals surface area contributed by atoms with Gasteiger partial charge in [-0.25, -0.2) is 0 Å². The molecular formula is C11H22N2O. The van der Waals surface area contributed by atoms with Crippen LogP contribution in [0.25, 0.3) is 0 Å². The minimum absolute atomic E-state index is 0.230. The zero-order chi connectivity index (χ0) is 10.0. The summed E-state index contributed by atoms with van der Waals surface area (Å²) in [4.78, 5) is 2.44. The predicted octanol–water partition coefficient (Wildman–Crippen LogP) is 0.430. The molecule has 0 aromatic carbocycles. The van der Waals surface area contributed by atoms with Crippen molar-refractivity contribution in [1.29, 1.82) is 0 Å². The Morgan fingerprint density at radius 3 is 2.93 bits per heavy atom. The molecule has 0 unspecified atom stereocenters. The number of aliphatic hydroxyl groups excluding tert-OH is 1. The van der Waals surface area contributed by atoms with Gasteiger partial charge in [0.15, 0.2) is 0 Å². The van der Waals surface area contributed by atoms with Crippen LogP contribution in [-0.2, 0) is 0 Å². The lowest BCUT2D eigenvalue weighted by Crippen LogP contribution is -2.37. The fourth-order valence-electron chi connectivity index (χ4n) is 3.30. The van der Waals surface area contributed by atoms with Gasteiger partial charge in [-0.15, -0.1) is 0 Å². The summed E-state index contributed by atoms with van der Waals surface area (Å²) in [7, 11) is 0. The Bertz CT molecular complexity index is 198. The summed E-state index contributed by atoms with van der Waals surface area (Å²) in [5.41, 5.74) is 5.81. The van der Waals surface area contributed by atoms with E-state index >= 15 is 0 Å². The summed E-state index contributed by atoms with van der Waals surface area (Å²) >= 11 is 0. The molecule has 3 nitrogen and oxygen atoms in total. The van der Waals surface area contributed by atoms with E-state index in [0.717, 1.165) is 32.1 Å². The Labute approximate surface area is 86.3 Å². The number of likely N-dealkylation sites (tertiary alicyclic amines) is 1. The Kier molecular flexibility index (Phi) is 3.10. The topological polar surface area (TPSA) is 49.5 Å². The summed E-state index contributed by atoms with van der Waals surface area (Å²) in [5.74, 6) is 0.729. The number of aliphatic hydroxyl groups is 1. The molecule has 82 valence electrons. The molecule has 3 heteroatoms. The molecule has 2 rings (SSSR count). The van der Waals surface area contributed by atoms with Crippen LogP contribution < -0.4 is 5.73 Å². The van der Waals surface area contributed by atoms with Crippen LogP contribution in [-0.4, -0.2) is 42.8 Å². The lowest BCUT2D eigenvalue weighted by Gasteiger charge is -2.36. The molecule has 3 N–H and O–H groups in total. The standard InChI is InChI=1S/C11H22N2O/c12-5-6-13-7-10-3-1-2-4-11(10,8-13)9-14/h10,14H,1-9,12H2/t10-,11+/m1/s1. The summed E-state index contributed by atoms with van der Waals surface area (Å²) in [6.45, 7) is 4.36. The van der Waals surface area contributed by atoms with Crippen molar-refractivity contribution in [1.82, 2.24) is 4.90 Å². The number of fused-ring (bicyclic) bond motifs is 1. The highest BCUT2D eigenvalue weighted by Crippen LogP contribution is 2.46. The van der Waals surface area contributed by atoms with Crippen LogP contribution in [0.3, 0.4) is 0 Å². The summed E-state index contributed by atoms with van der Waals surface area (Å²) in [5, 5.41) is 9.58. The summed E-state index contributed by atoms with van der Waals surface area (Å²) in [6.07, 6.45) is 5.17. The fourth-order valence-corrected chi connectivity index (χ4v) is 3.30. The van der Waals surface area contributed by atoms with E-state index in [1.54, 1.807) is 0 Å². The predicted molar refractivity (Wildman–Crippen MR) is 57.0 cm³/mol. The van der Waals surface area contributed by atoms with Crippen molar-refractivity contribution in [2.24, 2.45) is 17.1 Å². The third-order valence-corrected chi connectivity index (χ3v) is 4.12. The van der Waals surface area contributed by atoms with Gasteiger partial charge in [-0.05, 0) is 18.8 Å². The minimum atomic E-state index is 0.230. The van der Waals surface area contributed by atoms with Gasteiger partial charge in [0.2, 0.25) is 0 Å². The van der Waals surface area contributed by atoms with E-state index in [9.17, 15) is 5.11 Å². The smallest absolute Gasteiger partial charge is 0.0502 e. The maximum atomic E-state index is 9.58. The zero-order valence-corrected chi connectivity index (χ0v) is 8.91. The van der Waals surface area contributed by atoms with Crippen molar-refractivity contribution < 1.29 is 5.11 Å². The summed E-state index contributed by atoms with van der Waals surface area (Å²) < 4.78 is 0. The van der Waals surface area contributed by atoms with Gasteiger partial charge >= 0.3 is 0 Å². The SMILES string of the molecule is NCCN1C[C@H]2CCCC[C@@]2(CO)C1. The first-order chi connectivity index (χ1) is 6.80. The highest BCUT2D eigenvalue weighted by molar-refractivity contribution is 4.98. The first-order valence-corrected chi connectivity index (χ1v) is 5.84. The maximum absolute atomic E-state index is 9.58. The first-order valence-electron chi connectivity index (χ1n) is 5.84. The van der Waals surface area contributed by atoms with Crippen molar-refractivity contribution in [3.05, 3.63) is 0 Å². The second-order valence-electron chi connectivity index (χ2n) is 4.99. The van der Waals surface area contributed by atoms with Gasteiger partial charge in [-0.2, -0.15) is 0 Å². The largest absolute Gasteiger partial charge is 0.396 e. The van der Waals surface area contributed by atoms with E-state index in [1.165, 1.54) is 25.7 Å². The van der Waals surface area contributed by atoms with Crippen molar-refractivity contribution in [3.63, 3.8) is 0 Å². The van der Waals surface area contributed by atoms with Crippen LogP contribution in [0.15, 0.2) is 0 Å². The maximum Gasteiger partial charge on any atom is 0.0502 e. The molecule has 1 aliphatic heterocycles. The van der Waals surface area contributed by atoms with Crippen LogP contribution in [0.1, 0.15) is 25.7 Å². The average molecular weight is 198 g/mol. The molecular weight excluding hydrogens is 176 g/mol. The number of rotatable bonds is 3. The van der Waals surface area contributed by atoms with E-state index in [2.05, 4.69) is 4.90 Å². The molecule has 0 amide bonds. The Hall–Kier alpha value is -0.120. The third kappa shape index (κ3) is 1.69.